The van der Waals surface area contributed by atoms with Crippen LogP contribution in [0.4, 0.5) is 5.69 Å². The topological polar surface area (TPSA) is 147 Å². The number of H-pyrrole nitrogens is 1. The van der Waals surface area contributed by atoms with Crippen LogP contribution in [0.25, 0.3) is 10.9 Å². The van der Waals surface area contributed by atoms with Crippen molar-refractivity contribution < 1.29 is 19.4 Å². The Morgan fingerprint density at radius 3 is 2.66 bits per heavy atom. The van der Waals surface area contributed by atoms with Crippen LogP contribution < -0.4 is 21.3 Å². The van der Waals surface area contributed by atoms with Gasteiger partial charge in [-0.05, 0) is 36.8 Å². The molecule has 1 aliphatic rings. The van der Waals surface area contributed by atoms with Crippen molar-refractivity contribution in [2.24, 2.45) is 5.73 Å². The Morgan fingerprint density at radius 2 is 1.97 bits per heavy atom. The molecule has 1 amide bonds. The number of carbonyl (C=O) groups excluding carboxylic acids is 1. The summed E-state index contributed by atoms with van der Waals surface area (Å²) >= 11 is 0. The van der Waals surface area contributed by atoms with E-state index in [0.29, 0.717) is 28.9 Å². The quantitative estimate of drug-likeness (QED) is 0.496. The van der Waals surface area contributed by atoms with Gasteiger partial charge < -0.3 is 25.9 Å². The average Bonchev–Trinajstić information content (AvgIpc) is 2.69. The van der Waals surface area contributed by atoms with Gasteiger partial charge in [0.15, 0.2) is 6.10 Å². The summed E-state index contributed by atoms with van der Waals surface area (Å²) in [5, 5.41) is 11.8. The molecule has 1 atom stereocenters. The van der Waals surface area contributed by atoms with Crippen LogP contribution in [0, 0.1) is 0 Å². The molecule has 0 spiro atoms. The van der Waals surface area contributed by atoms with E-state index in [9.17, 15) is 14.4 Å². The minimum atomic E-state index is -1.24. The largest absolute Gasteiger partial charge is 0.479 e. The number of nitrogens with zero attached hydrogens (tertiary/aromatic N) is 1. The zero-order valence-corrected chi connectivity index (χ0v) is 16.2. The summed E-state index contributed by atoms with van der Waals surface area (Å²) in [5.74, 6) is -0.998. The average molecular weight is 419 g/mol. The maximum atomic E-state index is 11.3. The highest BCUT2D eigenvalue weighted by atomic mass is 35.5. The Balaban J connectivity index is 0.000000200. The number of carbonyl (C=O) groups is 2. The summed E-state index contributed by atoms with van der Waals surface area (Å²) in [6.45, 7) is 2.17. The number of benzene rings is 2. The first-order valence-electron chi connectivity index (χ1n) is 8.42. The van der Waals surface area contributed by atoms with E-state index < -0.39 is 17.6 Å². The first kappa shape index (κ1) is 21.9. The molecule has 1 aromatic heterocycles. The van der Waals surface area contributed by atoms with Gasteiger partial charge in [-0.2, -0.15) is 0 Å². The Kier molecular flexibility index (Phi) is 6.92. The van der Waals surface area contributed by atoms with Gasteiger partial charge in [-0.1, -0.05) is 18.2 Å². The first-order chi connectivity index (χ1) is 13.4. The highest BCUT2D eigenvalue weighted by molar-refractivity contribution is 5.97. The molecule has 2 heterocycles. The second kappa shape index (κ2) is 9.18. The Hall–Kier alpha value is -3.43. The lowest BCUT2D eigenvalue weighted by atomic mass is 10.1. The highest BCUT2D eigenvalue weighted by Crippen LogP contribution is 2.30. The van der Waals surface area contributed by atoms with Gasteiger partial charge in [-0.15, -0.1) is 12.4 Å². The number of aromatic carboxylic acids is 1. The van der Waals surface area contributed by atoms with Crippen molar-refractivity contribution in [3.63, 3.8) is 0 Å². The van der Waals surface area contributed by atoms with E-state index in [0.717, 1.165) is 5.56 Å². The van der Waals surface area contributed by atoms with Crippen LogP contribution in [-0.4, -0.2) is 33.1 Å². The number of para-hydroxylation sites is 1. The lowest BCUT2D eigenvalue weighted by Gasteiger charge is -2.23. The summed E-state index contributed by atoms with van der Waals surface area (Å²) in [6.07, 6.45) is -0.425. The molecule has 0 bridgehead atoms. The summed E-state index contributed by atoms with van der Waals surface area (Å²) in [4.78, 5) is 39.2. The molecule has 0 radical (unpaired) electrons. The molecule has 4 rings (SSSR count). The van der Waals surface area contributed by atoms with Crippen molar-refractivity contribution in [1.82, 2.24) is 9.97 Å². The van der Waals surface area contributed by atoms with Gasteiger partial charge in [0.05, 0.1) is 16.6 Å². The van der Waals surface area contributed by atoms with E-state index in [-0.39, 0.29) is 24.1 Å². The molecule has 0 aliphatic carbocycles. The minimum Gasteiger partial charge on any atom is -0.479 e. The normalized spacial score (nSPS) is 14.4. The second-order valence-electron chi connectivity index (χ2n) is 6.02. The van der Waals surface area contributed by atoms with Crippen molar-refractivity contribution in [3.8, 4) is 5.75 Å². The molecular formula is C19H19ClN4O5. The summed E-state index contributed by atoms with van der Waals surface area (Å²) in [6, 6.07) is 12.1. The van der Waals surface area contributed by atoms with Crippen molar-refractivity contribution in [2.75, 3.05) is 5.32 Å². The number of nitrogens with one attached hydrogen (secondary N) is 2. The number of rotatable bonds is 2. The van der Waals surface area contributed by atoms with Gasteiger partial charge >= 0.3 is 5.97 Å². The van der Waals surface area contributed by atoms with Crippen LogP contribution in [0.2, 0.25) is 0 Å². The zero-order valence-electron chi connectivity index (χ0n) is 15.3. The molecule has 10 heteroatoms. The standard InChI is InChI=1S/C10H12N2O2.C9H6N2O3.ClH/c1-6-10(13)12-8-4-7(5-11)2-3-9(8)14-6;12-8-5-3-1-2-4-6(5)10-7(11-8)9(13)14;/h2-4,6H,5,11H2,1H3,(H,12,13);1-4H,(H,13,14)(H,10,11,12);1H. The number of hydrogen-bond acceptors (Lipinski definition) is 6. The van der Waals surface area contributed by atoms with Crippen LogP contribution in [0.1, 0.15) is 23.1 Å². The predicted molar refractivity (Wildman–Crippen MR) is 110 cm³/mol. The molecule has 0 saturated carbocycles. The molecule has 2 aromatic carbocycles. The number of aromatic amines is 1. The third-order valence-electron chi connectivity index (χ3n) is 4.03. The van der Waals surface area contributed by atoms with E-state index >= 15 is 0 Å². The fraction of sp³-hybridized carbons (Fsp3) is 0.158. The van der Waals surface area contributed by atoms with Crippen molar-refractivity contribution in [3.05, 3.63) is 64.2 Å². The Bertz CT molecular complexity index is 1120. The van der Waals surface area contributed by atoms with Gasteiger partial charge in [0.25, 0.3) is 11.5 Å². The lowest BCUT2D eigenvalue weighted by molar-refractivity contribution is -0.122. The predicted octanol–water partition coefficient (Wildman–Crippen LogP) is 1.91. The highest BCUT2D eigenvalue weighted by Gasteiger charge is 2.23. The van der Waals surface area contributed by atoms with Gasteiger partial charge in [-0.3, -0.25) is 9.59 Å². The molecule has 152 valence electrons. The van der Waals surface area contributed by atoms with Gasteiger partial charge in [0, 0.05) is 6.54 Å². The molecule has 29 heavy (non-hydrogen) atoms. The van der Waals surface area contributed by atoms with E-state index in [1.807, 2.05) is 18.2 Å². The number of nitrogens with two attached hydrogens (primary N) is 1. The van der Waals surface area contributed by atoms with Crippen molar-refractivity contribution in [1.29, 1.82) is 0 Å². The monoisotopic (exact) mass is 418 g/mol. The number of carboxylic acids is 1. The molecule has 5 N–H and O–H groups in total. The van der Waals surface area contributed by atoms with Crippen molar-refractivity contribution >= 4 is 40.9 Å². The van der Waals surface area contributed by atoms with Crippen LogP contribution >= 0.6 is 12.4 Å². The van der Waals surface area contributed by atoms with Crippen molar-refractivity contribution in [2.45, 2.75) is 19.6 Å². The zero-order chi connectivity index (χ0) is 20.3. The fourth-order valence-corrected chi connectivity index (χ4v) is 2.57. The number of amides is 1. The molecule has 3 aromatic rings. The van der Waals surface area contributed by atoms with E-state index in [1.54, 1.807) is 31.2 Å². The van der Waals surface area contributed by atoms with Crippen LogP contribution in [0.3, 0.4) is 0 Å². The van der Waals surface area contributed by atoms with E-state index in [4.69, 9.17) is 15.6 Å². The van der Waals surface area contributed by atoms with Crippen LogP contribution in [-0.2, 0) is 11.3 Å². The Labute approximate surface area is 171 Å². The van der Waals surface area contributed by atoms with Gasteiger partial charge in [-0.25, -0.2) is 9.78 Å². The summed E-state index contributed by atoms with van der Waals surface area (Å²) in [5.41, 5.74) is 7.12. The van der Waals surface area contributed by atoms with Gasteiger partial charge in [0.1, 0.15) is 5.75 Å². The molecule has 0 saturated heterocycles. The van der Waals surface area contributed by atoms with Crippen LogP contribution in [0.5, 0.6) is 5.75 Å². The fourth-order valence-electron chi connectivity index (χ4n) is 2.57. The number of anilines is 1. The SMILES string of the molecule is CC1Oc2ccc(CN)cc2NC1=O.Cl.O=C(O)c1nc2ccccc2c(=O)[nH]1. The molecule has 1 unspecified atom stereocenters. The maximum Gasteiger partial charge on any atom is 0.372 e. The molecule has 1 aliphatic heterocycles. The smallest absolute Gasteiger partial charge is 0.372 e. The van der Waals surface area contributed by atoms with E-state index in [2.05, 4.69) is 15.3 Å². The number of aromatic nitrogens is 2. The van der Waals surface area contributed by atoms with Gasteiger partial charge in [0.2, 0.25) is 5.82 Å². The minimum absolute atomic E-state index is 0. The third-order valence-corrected chi connectivity index (χ3v) is 4.03. The molecule has 0 fully saturated rings. The Morgan fingerprint density at radius 1 is 1.24 bits per heavy atom. The van der Waals surface area contributed by atoms with E-state index in [1.165, 1.54) is 0 Å². The number of fused-ring (bicyclic) bond motifs is 2. The number of ether oxygens (including phenoxy) is 1. The lowest BCUT2D eigenvalue weighted by Crippen LogP contribution is -2.34. The van der Waals surface area contributed by atoms with Crippen LogP contribution in [0.15, 0.2) is 47.3 Å². The first-order valence-corrected chi connectivity index (χ1v) is 8.42. The number of hydrogen-bond donors (Lipinski definition) is 4. The maximum absolute atomic E-state index is 11.3. The summed E-state index contributed by atoms with van der Waals surface area (Å²) in [7, 11) is 0. The number of carboxylic acid groups (broad SMARTS) is 1. The molecular weight excluding hydrogens is 400 g/mol. The number of halogens is 1. The summed E-state index contributed by atoms with van der Waals surface area (Å²) < 4.78 is 5.39. The molecule has 9 nitrogen and oxygen atoms in total. The third kappa shape index (κ3) is 4.89. The second-order valence-corrected chi connectivity index (χ2v) is 6.02.